The molecule has 1 aromatic rings. The number of aryl methyl sites for hydroxylation is 1. The van der Waals surface area contributed by atoms with E-state index in [1.54, 1.807) is 19.1 Å². The van der Waals surface area contributed by atoms with Gasteiger partial charge in [-0.25, -0.2) is 4.39 Å². The minimum Gasteiger partial charge on any atom is -0.352 e. The normalized spacial score (nSPS) is 26.4. The van der Waals surface area contributed by atoms with Gasteiger partial charge in [0.15, 0.2) is 0 Å². The lowest BCUT2D eigenvalue weighted by atomic mass is 9.89. The fourth-order valence-electron chi connectivity index (χ4n) is 3.69. The predicted molar refractivity (Wildman–Crippen MR) is 87.5 cm³/mol. The highest BCUT2D eigenvalue weighted by atomic mass is 35.5. The highest BCUT2D eigenvalue weighted by Crippen LogP contribution is 2.32. The van der Waals surface area contributed by atoms with Crippen LogP contribution in [0.25, 0.3) is 0 Å². The lowest BCUT2D eigenvalue weighted by Crippen LogP contribution is -2.39. The van der Waals surface area contributed by atoms with Crippen molar-refractivity contribution in [3.8, 4) is 0 Å². The zero-order valence-electron chi connectivity index (χ0n) is 12.9. The molecule has 2 heterocycles. The fraction of sp³-hybridized carbons (Fsp3) is 0.588. The number of rotatable bonds is 4. The summed E-state index contributed by atoms with van der Waals surface area (Å²) in [6.45, 7) is 2.23. The van der Waals surface area contributed by atoms with Crippen LogP contribution in [0.15, 0.2) is 18.2 Å². The average molecular weight is 327 g/mol. The number of nitrogens with one attached hydrogen (secondary N) is 2. The van der Waals surface area contributed by atoms with Crippen molar-refractivity contribution in [2.24, 2.45) is 5.92 Å². The Morgan fingerprint density at radius 3 is 2.64 bits per heavy atom. The van der Waals surface area contributed by atoms with Gasteiger partial charge in [-0.2, -0.15) is 0 Å². The van der Waals surface area contributed by atoms with Gasteiger partial charge in [0.05, 0.1) is 0 Å². The number of carbonyl (C=O) groups excluding carboxylic acids is 1. The molecule has 2 N–H and O–H groups in total. The van der Waals surface area contributed by atoms with E-state index in [9.17, 15) is 9.18 Å². The van der Waals surface area contributed by atoms with E-state index in [0.29, 0.717) is 36.5 Å². The number of amides is 1. The molecule has 2 aliphatic heterocycles. The van der Waals surface area contributed by atoms with Crippen LogP contribution in [0.2, 0.25) is 0 Å². The third kappa shape index (κ3) is 4.20. The van der Waals surface area contributed by atoms with Gasteiger partial charge in [0.1, 0.15) is 5.82 Å². The van der Waals surface area contributed by atoms with Gasteiger partial charge in [0.2, 0.25) is 5.91 Å². The maximum absolute atomic E-state index is 13.2. The maximum Gasteiger partial charge on any atom is 0.220 e. The Kier molecular flexibility index (Phi) is 5.81. The zero-order chi connectivity index (χ0) is 14.8. The molecule has 2 atom stereocenters. The molecule has 0 saturated carbocycles. The molecule has 122 valence electrons. The Morgan fingerprint density at radius 1 is 1.32 bits per heavy atom. The number of benzene rings is 1. The number of hydrogen-bond donors (Lipinski definition) is 2. The first kappa shape index (κ1) is 17.2. The summed E-state index contributed by atoms with van der Waals surface area (Å²) < 4.78 is 13.2. The lowest BCUT2D eigenvalue weighted by molar-refractivity contribution is -0.122. The smallest absolute Gasteiger partial charge is 0.220 e. The lowest BCUT2D eigenvalue weighted by Gasteiger charge is -2.28. The SMILES string of the molecule is Cc1cc(CNC(=O)CC2CC3CCC(C2)N3)ccc1F.Cl. The largest absolute Gasteiger partial charge is 0.352 e. The van der Waals surface area contributed by atoms with Crippen molar-refractivity contribution >= 4 is 18.3 Å². The first-order valence-corrected chi connectivity index (χ1v) is 7.88. The van der Waals surface area contributed by atoms with Gasteiger partial charge in [-0.1, -0.05) is 12.1 Å². The molecule has 3 rings (SSSR count). The number of halogens is 2. The van der Waals surface area contributed by atoms with Gasteiger partial charge in [-0.05, 0) is 55.7 Å². The van der Waals surface area contributed by atoms with Crippen molar-refractivity contribution < 1.29 is 9.18 Å². The fourth-order valence-corrected chi connectivity index (χ4v) is 3.69. The van der Waals surface area contributed by atoms with Crippen LogP contribution in [0.4, 0.5) is 4.39 Å². The average Bonchev–Trinajstić information content (AvgIpc) is 2.79. The topological polar surface area (TPSA) is 41.1 Å². The van der Waals surface area contributed by atoms with Crippen molar-refractivity contribution in [3.63, 3.8) is 0 Å². The van der Waals surface area contributed by atoms with Crippen LogP contribution < -0.4 is 10.6 Å². The first-order chi connectivity index (χ1) is 10.1. The summed E-state index contributed by atoms with van der Waals surface area (Å²) in [6, 6.07) is 6.23. The number of fused-ring (bicyclic) bond motifs is 2. The summed E-state index contributed by atoms with van der Waals surface area (Å²) in [5.74, 6) is 0.428. The van der Waals surface area contributed by atoms with Crippen molar-refractivity contribution in [3.05, 3.63) is 35.1 Å². The summed E-state index contributed by atoms with van der Waals surface area (Å²) in [5.41, 5.74) is 1.57. The van der Waals surface area contributed by atoms with Gasteiger partial charge in [0, 0.05) is 25.0 Å². The molecular formula is C17H24ClFN2O. The molecule has 0 aliphatic carbocycles. The monoisotopic (exact) mass is 326 g/mol. The number of hydrogen-bond acceptors (Lipinski definition) is 2. The molecule has 2 saturated heterocycles. The molecule has 1 aromatic carbocycles. The Balaban J connectivity index is 0.00000176. The van der Waals surface area contributed by atoms with E-state index < -0.39 is 0 Å². The third-order valence-corrected chi connectivity index (χ3v) is 4.76. The molecule has 22 heavy (non-hydrogen) atoms. The van der Waals surface area contributed by atoms with Crippen molar-refractivity contribution in [1.29, 1.82) is 0 Å². The van der Waals surface area contributed by atoms with E-state index >= 15 is 0 Å². The molecule has 1 amide bonds. The molecule has 5 heteroatoms. The van der Waals surface area contributed by atoms with Crippen LogP contribution in [0.5, 0.6) is 0 Å². The number of carbonyl (C=O) groups is 1. The molecule has 2 unspecified atom stereocenters. The third-order valence-electron chi connectivity index (χ3n) is 4.76. The standard InChI is InChI=1S/C17H23FN2O.ClH/c1-11-6-12(2-5-16(11)18)10-19-17(21)9-13-7-14-3-4-15(8-13)20-14;/h2,5-6,13-15,20H,3-4,7-10H2,1H3,(H,19,21);1H. The second-order valence-corrected chi connectivity index (χ2v) is 6.54. The molecule has 2 fully saturated rings. The molecule has 2 aliphatic rings. The minimum absolute atomic E-state index is 0. The van der Waals surface area contributed by atoms with E-state index in [1.807, 2.05) is 0 Å². The van der Waals surface area contributed by atoms with Gasteiger partial charge >= 0.3 is 0 Å². The summed E-state index contributed by atoms with van der Waals surface area (Å²) in [4.78, 5) is 12.1. The predicted octanol–water partition coefficient (Wildman–Crippen LogP) is 3.09. The van der Waals surface area contributed by atoms with Crippen LogP contribution in [-0.2, 0) is 11.3 Å². The minimum atomic E-state index is -0.199. The Bertz CT molecular complexity index is 525. The highest BCUT2D eigenvalue weighted by molar-refractivity contribution is 5.85. The first-order valence-electron chi connectivity index (χ1n) is 7.88. The van der Waals surface area contributed by atoms with Crippen LogP contribution in [0, 0.1) is 18.7 Å². The molecule has 0 aromatic heterocycles. The van der Waals surface area contributed by atoms with Crippen LogP contribution in [0.3, 0.4) is 0 Å². The van der Waals surface area contributed by atoms with E-state index in [0.717, 1.165) is 18.4 Å². The van der Waals surface area contributed by atoms with Gasteiger partial charge in [0.25, 0.3) is 0 Å². The highest BCUT2D eigenvalue weighted by Gasteiger charge is 2.34. The maximum atomic E-state index is 13.2. The Labute approximate surface area is 137 Å². The summed E-state index contributed by atoms with van der Waals surface area (Å²) in [7, 11) is 0. The van der Waals surface area contributed by atoms with Crippen LogP contribution >= 0.6 is 12.4 Å². The molecule has 0 spiro atoms. The van der Waals surface area contributed by atoms with Crippen molar-refractivity contribution in [2.75, 3.05) is 0 Å². The molecule has 2 bridgehead atoms. The van der Waals surface area contributed by atoms with Crippen molar-refractivity contribution in [2.45, 2.75) is 57.7 Å². The summed E-state index contributed by atoms with van der Waals surface area (Å²) in [5, 5.41) is 6.56. The molecular weight excluding hydrogens is 303 g/mol. The van der Waals surface area contributed by atoms with E-state index in [1.165, 1.54) is 18.9 Å². The van der Waals surface area contributed by atoms with Gasteiger partial charge in [-0.3, -0.25) is 4.79 Å². The van der Waals surface area contributed by atoms with E-state index in [4.69, 9.17) is 0 Å². The molecule has 3 nitrogen and oxygen atoms in total. The van der Waals surface area contributed by atoms with E-state index in [2.05, 4.69) is 10.6 Å². The summed E-state index contributed by atoms with van der Waals surface area (Å²) >= 11 is 0. The van der Waals surface area contributed by atoms with Crippen LogP contribution in [0.1, 0.15) is 43.2 Å². The second kappa shape index (κ2) is 7.42. The second-order valence-electron chi connectivity index (χ2n) is 6.54. The van der Waals surface area contributed by atoms with Crippen LogP contribution in [-0.4, -0.2) is 18.0 Å². The van der Waals surface area contributed by atoms with Gasteiger partial charge < -0.3 is 10.6 Å². The van der Waals surface area contributed by atoms with E-state index in [-0.39, 0.29) is 24.1 Å². The molecule has 0 radical (unpaired) electrons. The Hall–Kier alpha value is -1.13. The van der Waals surface area contributed by atoms with Crippen molar-refractivity contribution in [1.82, 2.24) is 10.6 Å². The quantitative estimate of drug-likeness (QED) is 0.892. The number of piperidine rings is 1. The Morgan fingerprint density at radius 2 is 2.00 bits per heavy atom. The summed E-state index contributed by atoms with van der Waals surface area (Å²) in [6.07, 6.45) is 5.39. The zero-order valence-corrected chi connectivity index (χ0v) is 13.7. The van der Waals surface area contributed by atoms with Gasteiger partial charge in [-0.15, -0.1) is 12.4 Å².